The summed E-state index contributed by atoms with van der Waals surface area (Å²) in [5, 5.41) is 6.89. The lowest BCUT2D eigenvalue weighted by atomic mass is 9.95. The maximum Gasteiger partial charge on any atom is 0.347 e. The van der Waals surface area contributed by atoms with E-state index < -0.39 is 0 Å². The number of methoxy groups -OCH3 is 1. The van der Waals surface area contributed by atoms with Crippen LogP contribution >= 0.6 is 0 Å². The molecule has 0 saturated carbocycles. The molecule has 2 heterocycles. The number of hydrogen-bond donors (Lipinski definition) is 1. The lowest BCUT2D eigenvalue weighted by Crippen LogP contribution is -2.39. The van der Waals surface area contributed by atoms with Crippen LogP contribution in [0.5, 0.6) is 5.75 Å². The van der Waals surface area contributed by atoms with Crippen LogP contribution in [-0.2, 0) is 11.2 Å². The number of benzene rings is 2. The molecule has 0 spiro atoms. The third kappa shape index (κ3) is 4.15. The largest absolute Gasteiger partial charge is 0.497 e. The van der Waals surface area contributed by atoms with E-state index in [1.807, 2.05) is 60.4 Å². The molecule has 0 radical (unpaired) electrons. The van der Waals surface area contributed by atoms with Crippen LogP contribution in [0.2, 0.25) is 0 Å². The van der Waals surface area contributed by atoms with Gasteiger partial charge in [-0.3, -0.25) is 4.79 Å². The number of hydrogen-bond acceptors (Lipinski definition) is 4. The third-order valence-electron chi connectivity index (χ3n) is 5.69. The number of piperidine rings is 1. The molecule has 0 aliphatic carbocycles. The number of ether oxygens (including phenoxy) is 1. The Morgan fingerprint density at radius 2 is 1.90 bits per heavy atom. The van der Waals surface area contributed by atoms with Gasteiger partial charge in [0.25, 0.3) is 0 Å². The molecular weight excluding hydrogens is 380 g/mol. The maximum absolute atomic E-state index is 12.7. The van der Waals surface area contributed by atoms with Gasteiger partial charge in [0.1, 0.15) is 11.6 Å². The van der Waals surface area contributed by atoms with Gasteiger partial charge >= 0.3 is 5.69 Å². The van der Waals surface area contributed by atoms with Gasteiger partial charge in [-0.1, -0.05) is 29.8 Å². The van der Waals surface area contributed by atoms with E-state index in [1.165, 1.54) is 0 Å². The first-order valence-electron chi connectivity index (χ1n) is 10.2. The molecule has 1 aromatic heterocycles. The predicted molar refractivity (Wildman–Crippen MR) is 114 cm³/mol. The van der Waals surface area contributed by atoms with E-state index >= 15 is 0 Å². The monoisotopic (exact) mass is 406 g/mol. The molecule has 1 N–H and O–H groups in total. The summed E-state index contributed by atoms with van der Waals surface area (Å²) >= 11 is 0. The number of aromatic amines is 1. The zero-order chi connectivity index (χ0) is 21.1. The van der Waals surface area contributed by atoms with E-state index in [-0.39, 0.29) is 17.5 Å². The molecule has 0 bridgehead atoms. The fraction of sp³-hybridized carbons (Fsp3) is 0.348. The van der Waals surface area contributed by atoms with Gasteiger partial charge in [-0.05, 0) is 49.6 Å². The van der Waals surface area contributed by atoms with Crippen molar-refractivity contribution in [2.24, 2.45) is 0 Å². The molecule has 0 atom stereocenters. The van der Waals surface area contributed by atoms with Crippen LogP contribution in [0.15, 0.2) is 53.3 Å². The summed E-state index contributed by atoms with van der Waals surface area (Å²) in [5.41, 5.74) is 2.66. The second kappa shape index (κ2) is 8.57. The van der Waals surface area contributed by atoms with Crippen molar-refractivity contribution in [3.63, 3.8) is 0 Å². The Hall–Kier alpha value is -3.35. The molecule has 0 unspecified atom stereocenters. The second-order valence-corrected chi connectivity index (χ2v) is 7.74. The number of nitrogens with one attached hydrogen (secondary N) is 1. The molecule has 7 heteroatoms. The molecular formula is C23H26N4O3. The summed E-state index contributed by atoms with van der Waals surface area (Å²) in [6.07, 6.45) is 1.92. The molecule has 1 amide bonds. The Kier molecular flexibility index (Phi) is 5.70. The van der Waals surface area contributed by atoms with Crippen LogP contribution in [0.3, 0.4) is 0 Å². The molecule has 1 aliphatic rings. The molecule has 1 saturated heterocycles. The molecule has 4 rings (SSSR count). The third-order valence-corrected chi connectivity index (χ3v) is 5.69. The van der Waals surface area contributed by atoms with Crippen molar-refractivity contribution >= 4 is 5.91 Å². The molecule has 1 aliphatic heterocycles. The number of aromatic nitrogens is 3. The highest BCUT2D eigenvalue weighted by Gasteiger charge is 2.28. The van der Waals surface area contributed by atoms with Gasteiger partial charge in [-0.25, -0.2) is 14.5 Å². The van der Waals surface area contributed by atoms with E-state index in [0.29, 0.717) is 19.5 Å². The molecule has 156 valence electrons. The number of nitrogens with zero attached hydrogens (tertiary/aromatic N) is 3. The van der Waals surface area contributed by atoms with E-state index in [9.17, 15) is 9.59 Å². The zero-order valence-electron chi connectivity index (χ0n) is 17.3. The summed E-state index contributed by atoms with van der Waals surface area (Å²) in [6, 6.07) is 15.4. The standard InChI is InChI=1S/C23H26N4O3/c1-16-6-8-19(9-7-16)27-22(24-25-23(27)29)18-10-12-26(13-11-18)21(28)15-17-4-3-5-20(14-17)30-2/h3-9,14,18H,10-13,15H2,1-2H3,(H,25,29). The van der Waals surface area contributed by atoms with Crippen molar-refractivity contribution in [1.82, 2.24) is 19.7 Å². The van der Waals surface area contributed by atoms with Crippen LogP contribution in [0, 0.1) is 6.92 Å². The highest BCUT2D eigenvalue weighted by Crippen LogP contribution is 2.28. The van der Waals surface area contributed by atoms with E-state index in [2.05, 4.69) is 10.2 Å². The molecule has 3 aromatic rings. The van der Waals surface area contributed by atoms with Crippen LogP contribution in [0.25, 0.3) is 5.69 Å². The number of carbonyl (C=O) groups excluding carboxylic acids is 1. The maximum atomic E-state index is 12.7. The average molecular weight is 406 g/mol. The molecule has 30 heavy (non-hydrogen) atoms. The highest BCUT2D eigenvalue weighted by atomic mass is 16.5. The number of H-pyrrole nitrogens is 1. The molecule has 7 nitrogen and oxygen atoms in total. The second-order valence-electron chi connectivity index (χ2n) is 7.74. The topological polar surface area (TPSA) is 80.2 Å². The number of carbonyl (C=O) groups is 1. The lowest BCUT2D eigenvalue weighted by Gasteiger charge is -2.31. The van der Waals surface area contributed by atoms with Crippen LogP contribution in [0.4, 0.5) is 0 Å². The smallest absolute Gasteiger partial charge is 0.347 e. The van der Waals surface area contributed by atoms with E-state index in [1.54, 1.807) is 11.7 Å². The summed E-state index contributed by atoms with van der Waals surface area (Å²) < 4.78 is 6.89. The Morgan fingerprint density at radius 3 is 2.60 bits per heavy atom. The van der Waals surface area contributed by atoms with Crippen molar-refractivity contribution < 1.29 is 9.53 Å². The summed E-state index contributed by atoms with van der Waals surface area (Å²) in [6.45, 7) is 3.33. The zero-order valence-corrected chi connectivity index (χ0v) is 17.3. The Morgan fingerprint density at radius 1 is 1.17 bits per heavy atom. The number of amides is 1. The van der Waals surface area contributed by atoms with Crippen molar-refractivity contribution in [1.29, 1.82) is 0 Å². The first-order valence-corrected chi connectivity index (χ1v) is 10.2. The number of aryl methyl sites for hydroxylation is 1. The van der Waals surface area contributed by atoms with Gasteiger partial charge in [0, 0.05) is 19.0 Å². The highest BCUT2D eigenvalue weighted by molar-refractivity contribution is 5.79. The van der Waals surface area contributed by atoms with E-state index in [4.69, 9.17) is 4.74 Å². The lowest BCUT2D eigenvalue weighted by molar-refractivity contribution is -0.131. The van der Waals surface area contributed by atoms with Crippen LogP contribution < -0.4 is 10.4 Å². The predicted octanol–water partition coefficient (Wildman–Crippen LogP) is 2.83. The number of likely N-dealkylation sites (tertiary alicyclic amines) is 1. The summed E-state index contributed by atoms with van der Waals surface area (Å²) in [5.74, 6) is 1.74. The number of rotatable bonds is 5. The Balaban J connectivity index is 1.43. The van der Waals surface area contributed by atoms with Crippen LogP contribution in [-0.4, -0.2) is 45.8 Å². The normalized spacial score (nSPS) is 14.7. The van der Waals surface area contributed by atoms with Crippen molar-refractivity contribution in [2.75, 3.05) is 20.2 Å². The fourth-order valence-corrected chi connectivity index (χ4v) is 3.98. The van der Waals surface area contributed by atoms with Crippen LogP contribution in [0.1, 0.15) is 35.7 Å². The van der Waals surface area contributed by atoms with Gasteiger partial charge in [0.2, 0.25) is 5.91 Å². The molecule has 1 fully saturated rings. The first kappa shape index (κ1) is 19.9. The van der Waals surface area contributed by atoms with Gasteiger partial charge in [-0.15, -0.1) is 0 Å². The molecule has 2 aromatic carbocycles. The Bertz CT molecular complexity index is 1080. The minimum atomic E-state index is -0.231. The van der Waals surface area contributed by atoms with Crippen molar-refractivity contribution in [3.8, 4) is 11.4 Å². The van der Waals surface area contributed by atoms with Gasteiger partial charge in [0.05, 0.1) is 19.2 Å². The Labute approximate surface area is 175 Å². The average Bonchev–Trinajstić information content (AvgIpc) is 3.16. The van der Waals surface area contributed by atoms with Gasteiger partial charge < -0.3 is 9.64 Å². The summed E-state index contributed by atoms with van der Waals surface area (Å²) in [7, 11) is 1.62. The minimum absolute atomic E-state index is 0.111. The SMILES string of the molecule is COc1cccc(CC(=O)N2CCC(c3n[nH]c(=O)n3-c3ccc(C)cc3)CC2)c1. The minimum Gasteiger partial charge on any atom is -0.497 e. The first-order chi connectivity index (χ1) is 14.5. The van der Waals surface area contributed by atoms with Crippen molar-refractivity contribution in [2.45, 2.75) is 32.1 Å². The van der Waals surface area contributed by atoms with Gasteiger partial charge in [-0.2, -0.15) is 5.10 Å². The van der Waals surface area contributed by atoms with Gasteiger partial charge in [0.15, 0.2) is 0 Å². The quantitative estimate of drug-likeness (QED) is 0.707. The fourth-order valence-electron chi connectivity index (χ4n) is 3.98. The summed E-state index contributed by atoms with van der Waals surface area (Å²) in [4.78, 5) is 27.0. The van der Waals surface area contributed by atoms with Crippen molar-refractivity contribution in [3.05, 3.63) is 76.0 Å². The van der Waals surface area contributed by atoms with E-state index in [0.717, 1.165) is 41.2 Å².